The lowest BCUT2D eigenvalue weighted by Crippen LogP contribution is -2.52. The third-order valence-corrected chi connectivity index (χ3v) is 3.95. The van der Waals surface area contributed by atoms with Crippen LogP contribution in [0.2, 0.25) is 0 Å². The third kappa shape index (κ3) is 3.19. The Morgan fingerprint density at radius 3 is 2.86 bits per heavy atom. The van der Waals surface area contributed by atoms with Crippen LogP contribution in [0.4, 0.5) is 0 Å². The number of rotatable bonds is 6. The molecular formula is C15H21N3O4. The predicted molar refractivity (Wildman–Crippen MR) is 79.5 cm³/mol. The van der Waals surface area contributed by atoms with Gasteiger partial charge >= 0.3 is 0 Å². The van der Waals surface area contributed by atoms with E-state index in [4.69, 9.17) is 15.2 Å². The van der Waals surface area contributed by atoms with E-state index in [2.05, 4.69) is 4.98 Å². The number of methoxy groups -OCH3 is 2. The Morgan fingerprint density at radius 2 is 2.23 bits per heavy atom. The van der Waals surface area contributed by atoms with Gasteiger partial charge in [-0.05, 0) is 18.9 Å². The number of aromatic nitrogens is 1. The van der Waals surface area contributed by atoms with Gasteiger partial charge in [0.15, 0.2) is 0 Å². The Bertz CT molecular complexity index is 563. The molecule has 1 unspecified atom stereocenters. The fraction of sp³-hybridized carbons (Fsp3) is 0.533. The average molecular weight is 307 g/mol. The molecule has 0 aliphatic carbocycles. The molecule has 0 bridgehead atoms. The van der Waals surface area contributed by atoms with E-state index in [1.54, 1.807) is 24.1 Å². The summed E-state index contributed by atoms with van der Waals surface area (Å²) >= 11 is 0. The zero-order valence-corrected chi connectivity index (χ0v) is 12.9. The third-order valence-electron chi connectivity index (χ3n) is 3.95. The molecule has 7 nitrogen and oxygen atoms in total. The van der Waals surface area contributed by atoms with Crippen LogP contribution in [-0.2, 0) is 9.53 Å². The van der Waals surface area contributed by atoms with E-state index >= 15 is 0 Å². The second-order valence-corrected chi connectivity index (χ2v) is 5.45. The molecule has 2 N–H and O–H groups in total. The Hall–Kier alpha value is -2.15. The number of nitrogens with zero attached hydrogens (tertiary/aromatic N) is 2. The first-order chi connectivity index (χ1) is 10.5. The Morgan fingerprint density at radius 1 is 1.45 bits per heavy atom. The summed E-state index contributed by atoms with van der Waals surface area (Å²) in [7, 11) is 3.05. The molecule has 0 saturated carbocycles. The number of likely N-dealkylation sites (tertiary alicyclic amines) is 1. The van der Waals surface area contributed by atoms with Crippen molar-refractivity contribution >= 4 is 11.8 Å². The molecule has 0 spiro atoms. The van der Waals surface area contributed by atoms with E-state index in [9.17, 15) is 9.59 Å². The van der Waals surface area contributed by atoms with E-state index in [0.717, 1.165) is 6.42 Å². The van der Waals surface area contributed by atoms with Gasteiger partial charge < -0.3 is 20.1 Å². The van der Waals surface area contributed by atoms with Crippen molar-refractivity contribution in [3.05, 3.63) is 23.9 Å². The summed E-state index contributed by atoms with van der Waals surface area (Å²) in [6, 6.07) is 3.22. The number of pyridine rings is 1. The van der Waals surface area contributed by atoms with Gasteiger partial charge in [0.2, 0.25) is 11.8 Å². The van der Waals surface area contributed by atoms with E-state index in [-0.39, 0.29) is 18.9 Å². The van der Waals surface area contributed by atoms with Crippen LogP contribution in [0.25, 0.3) is 0 Å². The molecular weight excluding hydrogens is 286 g/mol. The zero-order chi connectivity index (χ0) is 16.2. The Kier molecular flexibility index (Phi) is 4.97. The first-order valence-corrected chi connectivity index (χ1v) is 7.12. The van der Waals surface area contributed by atoms with Crippen LogP contribution in [0.3, 0.4) is 0 Å². The van der Waals surface area contributed by atoms with Gasteiger partial charge in [-0.3, -0.25) is 9.59 Å². The van der Waals surface area contributed by atoms with Gasteiger partial charge in [-0.1, -0.05) is 0 Å². The van der Waals surface area contributed by atoms with Crippen LogP contribution >= 0.6 is 0 Å². The SMILES string of the molecule is COCC1(CC(N)=O)CCCN1C(=O)c1ccnc(OC)c1. The minimum Gasteiger partial charge on any atom is -0.481 e. The molecule has 22 heavy (non-hydrogen) atoms. The highest BCUT2D eigenvalue weighted by Crippen LogP contribution is 2.34. The maximum atomic E-state index is 12.8. The highest BCUT2D eigenvalue weighted by Gasteiger charge is 2.45. The van der Waals surface area contributed by atoms with Crippen LogP contribution in [-0.4, -0.2) is 54.6 Å². The number of primary amides is 1. The highest BCUT2D eigenvalue weighted by molar-refractivity contribution is 5.95. The van der Waals surface area contributed by atoms with Crippen molar-refractivity contribution in [2.24, 2.45) is 5.73 Å². The van der Waals surface area contributed by atoms with E-state index < -0.39 is 11.4 Å². The molecule has 0 aromatic carbocycles. The maximum absolute atomic E-state index is 12.8. The van der Waals surface area contributed by atoms with Gasteiger partial charge in [0.05, 0.1) is 25.7 Å². The predicted octanol–water partition coefficient (Wildman–Crippen LogP) is 0.587. The molecule has 1 atom stereocenters. The molecule has 2 rings (SSSR count). The Labute approximate surface area is 129 Å². The molecule has 0 radical (unpaired) electrons. The molecule has 1 aliphatic heterocycles. The second kappa shape index (κ2) is 6.74. The fourth-order valence-corrected chi connectivity index (χ4v) is 3.04. The Balaban J connectivity index is 2.30. The molecule has 120 valence electrons. The zero-order valence-electron chi connectivity index (χ0n) is 12.9. The van der Waals surface area contributed by atoms with Crippen LogP contribution in [0.5, 0.6) is 5.88 Å². The molecule has 1 aromatic heterocycles. The van der Waals surface area contributed by atoms with Crippen molar-refractivity contribution in [2.45, 2.75) is 24.8 Å². The van der Waals surface area contributed by atoms with Crippen molar-refractivity contribution in [1.29, 1.82) is 0 Å². The summed E-state index contributed by atoms with van der Waals surface area (Å²) in [6.07, 6.45) is 3.12. The van der Waals surface area contributed by atoms with E-state index in [1.807, 2.05) is 0 Å². The van der Waals surface area contributed by atoms with E-state index in [0.29, 0.717) is 24.4 Å². The van der Waals surface area contributed by atoms with Crippen LogP contribution in [0, 0.1) is 0 Å². The fourth-order valence-electron chi connectivity index (χ4n) is 3.04. The van der Waals surface area contributed by atoms with Crippen molar-refractivity contribution in [2.75, 3.05) is 27.4 Å². The molecule has 1 fully saturated rings. The monoisotopic (exact) mass is 307 g/mol. The van der Waals surface area contributed by atoms with Gasteiger partial charge in [-0.2, -0.15) is 0 Å². The first kappa shape index (κ1) is 16.2. The summed E-state index contributed by atoms with van der Waals surface area (Å²) in [6.45, 7) is 0.851. The maximum Gasteiger partial charge on any atom is 0.254 e. The average Bonchev–Trinajstić information content (AvgIpc) is 2.89. The van der Waals surface area contributed by atoms with Gasteiger partial charge in [0, 0.05) is 31.5 Å². The van der Waals surface area contributed by atoms with Crippen LogP contribution in [0.15, 0.2) is 18.3 Å². The number of hydrogen-bond acceptors (Lipinski definition) is 5. The lowest BCUT2D eigenvalue weighted by Gasteiger charge is -2.37. The van der Waals surface area contributed by atoms with Crippen molar-refractivity contribution in [1.82, 2.24) is 9.88 Å². The minimum atomic E-state index is -0.672. The quantitative estimate of drug-likeness (QED) is 0.830. The van der Waals surface area contributed by atoms with Gasteiger partial charge in [-0.15, -0.1) is 0 Å². The summed E-state index contributed by atoms with van der Waals surface area (Å²) in [5, 5.41) is 0. The van der Waals surface area contributed by atoms with Gasteiger partial charge in [0.25, 0.3) is 5.91 Å². The smallest absolute Gasteiger partial charge is 0.254 e. The lowest BCUT2D eigenvalue weighted by atomic mass is 9.92. The van der Waals surface area contributed by atoms with Crippen molar-refractivity contribution < 1.29 is 19.1 Å². The molecule has 1 aliphatic rings. The number of carbonyl (C=O) groups excluding carboxylic acids is 2. The standard InChI is InChI=1S/C15H21N3O4/c1-21-10-15(9-12(16)19)5-3-7-18(15)14(20)11-4-6-17-13(8-11)22-2/h4,6,8H,3,5,7,9-10H2,1-2H3,(H2,16,19). The number of nitrogens with two attached hydrogens (primary N) is 1. The summed E-state index contributed by atoms with van der Waals surface area (Å²) in [5.41, 5.74) is 5.17. The molecule has 7 heteroatoms. The molecule has 2 amide bonds. The molecule has 1 saturated heterocycles. The summed E-state index contributed by atoms with van der Waals surface area (Å²) < 4.78 is 10.3. The largest absolute Gasteiger partial charge is 0.481 e. The number of amides is 2. The molecule has 2 heterocycles. The molecule has 1 aromatic rings. The normalized spacial score (nSPS) is 20.9. The lowest BCUT2D eigenvalue weighted by molar-refractivity contribution is -0.121. The highest BCUT2D eigenvalue weighted by atomic mass is 16.5. The van der Waals surface area contributed by atoms with Gasteiger partial charge in [0.1, 0.15) is 0 Å². The number of ether oxygens (including phenoxy) is 2. The summed E-state index contributed by atoms with van der Waals surface area (Å²) in [5.74, 6) is -0.238. The van der Waals surface area contributed by atoms with Gasteiger partial charge in [-0.25, -0.2) is 4.98 Å². The first-order valence-electron chi connectivity index (χ1n) is 7.12. The number of hydrogen-bond donors (Lipinski definition) is 1. The topological polar surface area (TPSA) is 94.8 Å². The van der Waals surface area contributed by atoms with Crippen LogP contribution in [0.1, 0.15) is 29.6 Å². The van der Waals surface area contributed by atoms with Crippen LogP contribution < -0.4 is 10.5 Å². The second-order valence-electron chi connectivity index (χ2n) is 5.45. The number of carbonyl (C=O) groups is 2. The van der Waals surface area contributed by atoms with Crippen molar-refractivity contribution in [3.8, 4) is 5.88 Å². The minimum absolute atomic E-state index is 0.0921. The van der Waals surface area contributed by atoms with E-state index in [1.165, 1.54) is 13.3 Å². The summed E-state index contributed by atoms with van der Waals surface area (Å²) in [4.78, 5) is 29.9. The van der Waals surface area contributed by atoms with Crippen molar-refractivity contribution in [3.63, 3.8) is 0 Å².